The van der Waals surface area contributed by atoms with Gasteiger partial charge in [0, 0.05) is 12.6 Å². The molecule has 5 heteroatoms. The van der Waals surface area contributed by atoms with Crippen LogP contribution in [0.15, 0.2) is 60.7 Å². The highest BCUT2D eigenvalue weighted by Crippen LogP contribution is 2.01. The maximum Gasteiger partial charge on any atom is 0.489 e. The normalized spacial score (nSPS) is 10.6. The Morgan fingerprint density at radius 1 is 1.05 bits per heavy atom. The van der Waals surface area contributed by atoms with E-state index in [1.54, 1.807) is 30.3 Å². The highest BCUT2D eigenvalue weighted by atomic mass is 16.4. The number of nitrogens with one attached hydrogen (secondary N) is 1. The van der Waals surface area contributed by atoms with Crippen molar-refractivity contribution in [2.75, 3.05) is 0 Å². The SMILES string of the molecule is O=C(/C=C/c1ccccc1B(O)O)NCc1ccccc1. The van der Waals surface area contributed by atoms with Gasteiger partial charge in [-0.3, -0.25) is 4.79 Å². The van der Waals surface area contributed by atoms with E-state index in [1.807, 2.05) is 30.3 Å². The van der Waals surface area contributed by atoms with E-state index in [1.165, 1.54) is 6.08 Å². The molecule has 0 saturated heterocycles. The summed E-state index contributed by atoms with van der Waals surface area (Å²) >= 11 is 0. The van der Waals surface area contributed by atoms with Gasteiger partial charge in [-0.2, -0.15) is 0 Å². The van der Waals surface area contributed by atoms with Gasteiger partial charge in [0.2, 0.25) is 5.91 Å². The van der Waals surface area contributed by atoms with Crippen molar-refractivity contribution < 1.29 is 14.8 Å². The summed E-state index contributed by atoms with van der Waals surface area (Å²) in [6.45, 7) is 0.453. The van der Waals surface area contributed by atoms with Crippen LogP contribution in [0.25, 0.3) is 6.08 Å². The summed E-state index contributed by atoms with van der Waals surface area (Å²) in [5.74, 6) is -0.235. The second-order valence-electron chi connectivity index (χ2n) is 4.54. The van der Waals surface area contributed by atoms with Gasteiger partial charge < -0.3 is 15.4 Å². The molecule has 2 aromatic carbocycles. The molecule has 0 aliphatic rings. The van der Waals surface area contributed by atoms with Crippen LogP contribution in [0.4, 0.5) is 0 Å². The number of amides is 1. The van der Waals surface area contributed by atoms with Gasteiger partial charge in [0.25, 0.3) is 0 Å². The molecule has 0 aliphatic carbocycles. The molecular formula is C16H16BNO3. The Balaban J connectivity index is 1.96. The second-order valence-corrected chi connectivity index (χ2v) is 4.54. The van der Waals surface area contributed by atoms with Crippen LogP contribution < -0.4 is 10.8 Å². The fraction of sp³-hybridized carbons (Fsp3) is 0.0625. The first-order valence-corrected chi connectivity index (χ1v) is 6.62. The predicted molar refractivity (Wildman–Crippen MR) is 83.6 cm³/mol. The second kappa shape index (κ2) is 7.43. The Morgan fingerprint density at radius 2 is 1.71 bits per heavy atom. The monoisotopic (exact) mass is 281 g/mol. The largest absolute Gasteiger partial charge is 0.489 e. The van der Waals surface area contributed by atoms with E-state index >= 15 is 0 Å². The first-order chi connectivity index (χ1) is 10.2. The molecule has 2 aromatic rings. The molecule has 0 bridgehead atoms. The van der Waals surface area contributed by atoms with Crippen LogP contribution in [0.5, 0.6) is 0 Å². The van der Waals surface area contributed by atoms with Gasteiger partial charge in [-0.1, -0.05) is 54.6 Å². The molecule has 0 heterocycles. The van der Waals surface area contributed by atoms with E-state index in [0.717, 1.165) is 5.56 Å². The lowest BCUT2D eigenvalue weighted by Gasteiger charge is -2.04. The maximum atomic E-state index is 11.7. The van der Waals surface area contributed by atoms with Crippen LogP contribution >= 0.6 is 0 Å². The summed E-state index contributed by atoms with van der Waals surface area (Å²) in [5.41, 5.74) is 1.98. The van der Waals surface area contributed by atoms with Gasteiger partial charge in [-0.25, -0.2) is 0 Å². The highest BCUT2D eigenvalue weighted by Gasteiger charge is 2.13. The first-order valence-electron chi connectivity index (χ1n) is 6.62. The van der Waals surface area contributed by atoms with E-state index in [0.29, 0.717) is 17.6 Å². The van der Waals surface area contributed by atoms with Gasteiger partial charge >= 0.3 is 7.12 Å². The molecule has 0 atom stereocenters. The lowest BCUT2D eigenvalue weighted by Crippen LogP contribution is -2.31. The maximum absolute atomic E-state index is 11.7. The minimum atomic E-state index is -1.56. The lowest BCUT2D eigenvalue weighted by atomic mass is 9.77. The first kappa shape index (κ1) is 15.0. The molecule has 4 nitrogen and oxygen atoms in total. The molecular weight excluding hydrogens is 265 g/mol. The van der Waals surface area contributed by atoms with Crippen molar-refractivity contribution in [3.8, 4) is 0 Å². The van der Waals surface area contributed by atoms with Crippen molar-refractivity contribution in [1.82, 2.24) is 5.32 Å². The number of hydrogen-bond acceptors (Lipinski definition) is 3. The molecule has 1 amide bonds. The molecule has 0 unspecified atom stereocenters. The third kappa shape index (κ3) is 4.59. The third-order valence-corrected chi connectivity index (χ3v) is 3.00. The van der Waals surface area contributed by atoms with Crippen molar-refractivity contribution >= 4 is 24.6 Å². The minimum absolute atomic E-state index is 0.235. The fourth-order valence-corrected chi connectivity index (χ4v) is 1.91. The van der Waals surface area contributed by atoms with Crippen LogP contribution in [0, 0.1) is 0 Å². The zero-order chi connectivity index (χ0) is 15.1. The molecule has 106 valence electrons. The Labute approximate surface area is 123 Å². The number of carbonyl (C=O) groups is 1. The average Bonchev–Trinajstić information content (AvgIpc) is 2.52. The van der Waals surface area contributed by atoms with Gasteiger partial charge in [0.1, 0.15) is 0 Å². The predicted octanol–water partition coefficient (Wildman–Crippen LogP) is 0.696. The summed E-state index contributed by atoms with van der Waals surface area (Å²) in [5, 5.41) is 21.3. The Hall–Kier alpha value is -2.37. The van der Waals surface area contributed by atoms with E-state index in [2.05, 4.69) is 5.32 Å². The number of benzene rings is 2. The van der Waals surface area contributed by atoms with E-state index in [4.69, 9.17) is 0 Å². The van der Waals surface area contributed by atoms with E-state index in [-0.39, 0.29) is 5.91 Å². The van der Waals surface area contributed by atoms with Crippen LogP contribution in [0.3, 0.4) is 0 Å². The Bertz CT molecular complexity index is 626. The molecule has 0 spiro atoms. The molecule has 0 aromatic heterocycles. The van der Waals surface area contributed by atoms with Crippen molar-refractivity contribution in [2.45, 2.75) is 6.54 Å². The number of carbonyl (C=O) groups excluding carboxylic acids is 1. The fourth-order valence-electron chi connectivity index (χ4n) is 1.91. The van der Waals surface area contributed by atoms with Crippen molar-refractivity contribution in [3.05, 3.63) is 71.8 Å². The summed E-state index contributed by atoms with van der Waals surface area (Å²) in [6.07, 6.45) is 2.94. The summed E-state index contributed by atoms with van der Waals surface area (Å²) < 4.78 is 0. The van der Waals surface area contributed by atoms with Crippen LogP contribution in [0.2, 0.25) is 0 Å². The molecule has 0 radical (unpaired) electrons. The Morgan fingerprint density at radius 3 is 2.43 bits per heavy atom. The summed E-state index contributed by atoms with van der Waals surface area (Å²) in [6, 6.07) is 16.4. The van der Waals surface area contributed by atoms with E-state index < -0.39 is 7.12 Å². The quantitative estimate of drug-likeness (QED) is 0.558. The Kier molecular flexibility index (Phi) is 5.32. The molecule has 2 rings (SSSR count). The standard InChI is InChI=1S/C16H16BNO3/c19-16(18-12-13-6-2-1-3-7-13)11-10-14-8-4-5-9-15(14)17(20)21/h1-11,20-21H,12H2,(H,18,19)/b11-10+. The average molecular weight is 281 g/mol. The smallest absolute Gasteiger partial charge is 0.423 e. The zero-order valence-electron chi connectivity index (χ0n) is 11.4. The lowest BCUT2D eigenvalue weighted by molar-refractivity contribution is -0.116. The topological polar surface area (TPSA) is 69.6 Å². The van der Waals surface area contributed by atoms with Crippen molar-refractivity contribution in [2.24, 2.45) is 0 Å². The van der Waals surface area contributed by atoms with Crippen LogP contribution in [0.1, 0.15) is 11.1 Å². The highest BCUT2D eigenvalue weighted by molar-refractivity contribution is 6.59. The number of rotatable bonds is 5. The van der Waals surface area contributed by atoms with Crippen molar-refractivity contribution in [3.63, 3.8) is 0 Å². The molecule has 0 saturated carbocycles. The summed E-state index contributed by atoms with van der Waals surface area (Å²) in [4.78, 5) is 11.7. The molecule has 3 N–H and O–H groups in total. The summed E-state index contributed by atoms with van der Waals surface area (Å²) in [7, 11) is -1.56. The molecule has 0 fully saturated rings. The molecule has 21 heavy (non-hydrogen) atoms. The zero-order valence-corrected chi connectivity index (χ0v) is 11.4. The van der Waals surface area contributed by atoms with Gasteiger partial charge in [0.15, 0.2) is 0 Å². The number of hydrogen-bond donors (Lipinski definition) is 3. The third-order valence-electron chi connectivity index (χ3n) is 3.00. The van der Waals surface area contributed by atoms with E-state index in [9.17, 15) is 14.8 Å². The van der Waals surface area contributed by atoms with Gasteiger partial charge in [-0.05, 0) is 22.7 Å². The van der Waals surface area contributed by atoms with Crippen molar-refractivity contribution in [1.29, 1.82) is 0 Å². The van der Waals surface area contributed by atoms with Gasteiger partial charge in [-0.15, -0.1) is 0 Å². The minimum Gasteiger partial charge on any atom is -0.423 e. The molecule has 0 aliphatic heterocycles. The van der Waals surface area contributed by atoms with Crippen LogP contribution in [-0.2, 0) is 11.3 Å². The van der Waals surface area contributed by atoms with Gasteiger partial charge in [0.05, 0.1) is 0 Å². The van der Waals surface area contributed by atoms with Crippen LogP contribution in [-0.4, -0.2) is 23.1 Å².